The van der Waals surface area contributed by atoms with Crippen LogP contribution in [0.1, 0.15) is 24.1 Å². The topological polar surface area (TPSA) is 21.3 Å². The molecule has 2 nitrogen and oxygen atoms in total. The van der Waals surface area contributed by atoms with E-state index in [2.05, 4.69) is 18.3 Å². The van der Waals surface area contributed by atoms with Crippen molar-refractivity contribution in [3.8, 4) is 5.75 Å². The Hall–Kier alpha value is -1.38. The third-order valence-corrected chi connectivity index (χ3v) is 4.08. The van der Waals surface area contributed by atoms with Crippen LogP contribution in [0.25, 0.3) is 0 Å². The molecule has 3 rings (SSSR count). The van der Waals surface area contributed by atoms with Gasteiger partial charge in [0.15, 0.2) is 0 Å². The van der Waals surface area contributed by atoms with Gasteiger partial charge >= 0.3 is 0 Å². The van der Waals surface area contributed by atoms with Gasteiger partial charge in [-0.25, -0.2) is 0 Å². The zero-order chi connectivity index (χ0) is 14.1. The van der Waals surface area contributed by atoms with E-state index in [1.807, 2.05) is 24.3 Å². The van der Waals surface area contributed by atoms with Gasteiger partial charge in [0.25, 0.3) is 0 Å². The monoisotopic (exact) mass is 307 g/mol. The van der Waals surface area contributed by atoms with Crippen LogP contribution in [0.15, 0.2) is 36.4 Å². The Kier molecular flexibility index (Phi) is 3.77. The average Bonchev–Trinajstić information content (AvgIpc) is 2.89. The molecule has 4 heteroatoms. The van der Waals surface area contributed by atoms with Crippen molar-refractivity contribution in [2.45, 2.75) is 19.4 Å². The van der Waals surface area contributed by atoms with Gasteiger partial charge in [0.1, 0.15) is 5.75 Å². The van der Waals surface area contributed by atoms with Gasteiger partial charge < -0.3 is 10.1 Å². The zero-order valence-corrected chi connectivity index (χ0v) is 12.6. The lowest BCUT2D eigenvalue weighted by molar-refractivity contribution is 0.357. The Bertz CT molecular complexity index is 642. The highest BCUT2D eigenvalue weighted by atomic mass is 35.5. The third-order valence-electron chi connectivity index (χ3n) is 3.50. The summed E-state index contributed by atoms with van der Waals surface area (Å²) in [6.45, 7) is 2.84. The van der Waals surface area contributed by atoms with Gasteiger partial charge in [-0.3, -0.25) is 0 Å². The molecule has 0 aromatic heterocycles. The molecule has 0 fully saturated rings. The number of anilines is 1. The molecule has 20 heavy (non-hydrogen) atoms. The summed E-state index contributed by atoms with van der Waals surface area (Å²) in [6, 6.07) is 11.8. The number of nitrogens with one attached hydrogen (secondary N) is 1. The fourth-order valence-corrected chi connectivity index (χ4v) is 2.91. The third kappa shape index (κ3) is 2.72. The van der Waals surface area contributed by atoms with Crippen LogP contribution < -0.4 is 10.1 Å². The first-order chi connectivity index (χ1) is 9.63. The summed E-state index contributed by atoms with van der Waals surface area (Å²) in [7, 11) is 0. The SMILES string of the molecule is CC(Nc1ccc2c(c1)CCO2)c1cc(Cl)ccc1Cl. The van der Waals surface area contributed by atoms with E-state index in [1.54, 1.807) is 6.07 Å². The second-order valence-corrected chi connectivity index (χ2v) is 5.80. The maximum absolute atomic E-state index is 6.23. The van der Waals surface area contributed by atoms with E-state index in [9.17, 15) is 0 Å². The van der Waals surface area contributed by atoms with Crippen LogP contribution in [0.4, 0.5) is 5.69 Å². The van der Waals surface area contributed by atoms with Crippen LogP contribution >= 0.6 is 23.2 Å². The van der Waals surface area contributed by atoms with E-state index in [4.69, 9.17) is 27.9 Å². The van der Waals surface area contributed by atoms with E-state index in [0.717, 1.165) is 35.1 Å². The normalized spacial score (nSPS) is 14.6. The van der Waals surface area contributed by atoms with Gasteiger partial charge in [0, 0.05) is 22.2 Å². The Labute approximate surface area is 128 Å². The molecule has 0 amide bonds. The van der Waals surface area contributed by atoms with Crippen molar-refractivity contribution in [1.82, 2.24) is 0 Å². The van der Waals surface area contributed by atoms with Crippen molar-refractivity contribution < 1.29 is 4.74 Å². The molecule has 0 saturated carbocycles. The highest BCUT2D eigenvalue weighted by molar-refractivity contribution is 6.33. The fourth-order valence-electron chi connectivity index (χ4n) is 2.45. The van der Waals surface area contributed by atoms with E-state index >= 15 is 0 Å². The Morgan fingerprint density at radius 1 is 1.15 bits per heavy atom. The number of ether oxygens (including phenoxy) is 1. The van der Waals surface area contributed by atoms with E-state index < -0.39 is 0 Å². The molecule has 1 heterocycles. The molecular formula is C16H15Cl2NO. The minimum absolute atomic E-state index is 0.0848. The number of benzene rings is 2. The summed E-state index contributed by atoms with van der Waals surface area (Å²) < 4.78 is 5.51. The molecule has 1 aliphatic rings. The first kappa shape index (κ1) is 13.6. The molecule has 1 aliphatic heterocycles. The van der Waals surface area contributed by atoms with E-state index in [1.165, 1.54) is 5.56 Å². The smallest absolute Gasteiger partial charge is 0.122 e. The summed E-state index contributed by atoms with van der Waals surface area (Å²) in [4.78, 5) is 0. The molecular weight excluding hydrogens is 293 g/mol. The predicted octanol–water partition coefficient (Wildman–Crippen LogP) is 5.10. The van der Waals surface area contributed by atoms with Crippen LogP contribution in [-0.2, 0) is 6.42 Å². The molecule has 1 N–H and O–H groups in total. The lowest BCUT2D eigenvalue weighted by Crippen LogP contribution is -2.07. The molecule has 1 atom stereocenters. The molecule has 0 aliphatic carbocycles. The van der Waals surface area contributed by atoms with E-state index in [-0.39, 0.29) is 6.04 Å². The van der Waals surface area contributed by atoms with E-state index in [0.29, 0.717) is 5.02 Å². The van der Waals surface area contributed by atoms with Gasteiger partial charge in [-0.15, -0.1) is 0 Å². The van der Waals surface area contributed by atoms with Gasteiger partial charge in [-0.2, -0.15) is 0 Å². The minimum atomic E-state index is 0.0848. The molecule has 0 radical (unpaired) electrons. The number of halogens is 2. The van der Waals surface area contributed by atoms with Crippen molar-refractivity contribution in [2.24, 2.45) is 0 Å². The number of hydrogen-bond acceptors (Lipinski definition) is 2. The highest BCUT2D eigenvalue weighted by Crippen LogP contribution is 2.32. The predicted molar refractivity (Wildman–Crippen MR) is 84.1 cm³/mol. The first-order valence-electron chi connectivity index (χ1n) is 6.61. The highest BCUT2D eigenvalue weighted by Gasteiger charge is 2.14. The molecule has 2 aromatic carbocycles. The summed E-state index contributed by atoms with van der Waals surface area (Å²) in [6.07, 6.45) is 0.969. The van der Waals surface area contributed by atoms with Crippen LogP contribution in [0.2, 0.25) is 10.0 Å². The van der Waals surface area contributed by atoms with Crippen LogP contribution in [-0.4, -0.2) is 6.61 Å². The van der Waals surface area contributed by atoms with Gasteiger partial charge in [0.2, 0.25) is 0 Å². The minimum Gasteiger partial charge on any atom is -0.493 e. The second kappa shape index (κ2) is 5.55. The van der Waals surface area contributed by atoms with Gasteiger partial charge in [-0.1, -0.05) is 23.2 Å². The van der Waals surface area contributed by atoms with Crippen molar-refractivity contribution >= 4 is 28.9 Å². The number of rotatable bonds is 3. The Balaban J connectivity index is 1.82. The number of hydrogen-bond donors (Lipinski definition) is 1. The average molecular weight is 308 g/mol. The largest absolute Gasteiger partial charge is 0.493 e. The Morgan fingerprint density at radius 3 is 2.85 bits per heavy atom. The maximum Gasteiger partial charge on any atom is 0.122 e. The van der Waals surface area contributed by atoms with Crippen LogP contribution in [0.5, 0.6) is 5.75 Å². The zero-order valence-electron chi connectivity index (χ0n) is 11.1. The van der Waals surface area contributed by atoms with Gasteiger partial charge in [0.05, 0.1) is 12.6 Å². The molecule has 0 saturated heterocycles. The number of fused-ring (bicyclic) bond motifs is 1. The summed E-state index contributed by atoms with van der Waals surface area (Å²) in [5.74, 6) is 0.990. The summed E-state index contributed by atoms with van der Waals surface area (Å²) in [5, 5.41) is 4.87. The van der Waals surface area contributed by atoms with Crippen molar-refractivity contribution in [3.63, 3.8) is 0 Å². The lowest BCUT2D eigenvalue weighted by atomic mass is 10.1. The van der Waals surface area contributed by atoms with Crippen molar-refractivity contribution in [1.29, 1.82) is 0 Å². The standard InChI is InChI=1S/C16H15Cl2NO/c1-10(14-9-12(17)2-4-15(14)18)19-13-3-5-16-11(8-13)6-7-20-16/h2-5,8-10,19H,6-7H2,1H3. The maximum atomic E-state index is 6.23. The Morgan fingerprint density at radius 2 is 2.00 bits per heavy atom. The van der Waals surface area contributed by atoms with Crippen LogP contribution in [0.3, 0.4) is 0 Å². The second-order valence-electron chi connectivity index (χ2n) is 4.95. The molecule has 0 bridgehead atoms. The fraction of sp³-hybridized carbons (Fsp3) is 0.250. The van der Waals surface area contributed by atoms with Crippen molar-refractivity contribution in [2.75, 3.05) is 11.9 Å². The summed E-state index contributed by atoms with van der Waals surface area (Å²) in [5.41, 5.74) is 3.31. The lowest BCUT2D eigenvalue weighted by Gasteiger charge is -2.18. The first-order valence-corrected chi connectivity index (χ1v) is 7.36. The summed E-state index contributed by atoms with van der Waals surface area (Å²) >= 11 is 12.3. The van der Waals surface area contributed by atoms with Crippen LogP contribution in [0, 0.1) is 0 Å². The molecule has 1 unspecified atom stereocenters. The molecule has 2 aromatic rings. The quantitative estimate of drug-likeness (QED) is 0.851. The molecule has 104 valence electrons. The molecule has 0 spiro atoms. The van der Waals surface area contributed by atoms with Crippen molar-refractivity contribution in [3.05, 3.63) is 57.6 Å². The van der Waals surface area contributed by atoms with Gasteiger partial charge in [-0.05, 0) is 54.4 Å².